The zero-order valence-corrected chi connectivity index (χ0v) is 15.6. The van der Waals surface area contributed by atoms with Gasteiger partial charge >= 0.3 is 17.9 Å². The Kier molecular flexibility index (Phi) is 7.17. The van der Waals surface area contributed by atoms with Crippen LogP contribution in [0, 0.1) is 0 Å². The summed E-state index contributed by atoms with van der Waals surface area (Å²) in [6, 6.07) is -2.28. The van der Waals surface area contributed by atoms with Gasteiger partial charge in [0.25, 0.3) is 0 Å². The third kappa shape index (κ3) is 4.99. The van der Waals surface area contributed by atoms with Gasteiger partial charge in [-0.15, -0.1) is 0 Å². The van der Waals surface area contributed by atoms with Crippen molar-refractivity contribution < 1.29 is 33.3 Å². The normalized spacial score (nSPS) is 33.6. The van der Waals surface area contributed by atoms with Crippen molar-refractivity contribution >= 4 is 35.8 Å². The molecule has 5 atom stereocenters. The molecule has 0 aromatic rings. The fourth-order valence-electron chi connectivity index (χ4n) is 2.72. The van der Waals surface area contributed by atoms with E-state index in [9.17, 15) is 14.4 Å². The second-order valence-electron chi connectivity index (χ2n) is 5.37. The van der Waals surface area contributed by atoms with Crippen molar-refractivity contribution in [2.24, 2.45) is 0 Å². The van der Waals surface area contributed by atoms with Crippen LogP contribution < -0.4 is 0 Å². The first kappa shape index (κ1) is 20.1. The monoisotopic (exact) mass is 366 g/mol. The Morgan fingerprint density at radius 1 is 1.00 bits per heavy atom. The molecule has 0 bridgehead atoms. The van der Waals surface area contributed by atoms with Gasteiger partial charge < -0.3 is 18.9 Å². The lowest BCUT2D eigenvalue weighted by atomic mass is 10.1. The van der Waals surface area contributed by atoms with E-state index in [-0.39, 0.29) is 0 Å². The molecule has 1 heterocycles. The first-order valence-corrected chi connectivity index (χ1v) is 10.5. The smallest absolute Gasteiger partial charge is 0.303 e. The number of hydrogen-bond donors (Lipinski definition) is 0. The number of ether oxygens (including phenoxy) is 4. The van der Waals surface area contributed by atoms with E-state index in [0.717, 1.165) is 0 Å². The minimum absolute atomic E-state index is 0.368. The average molecular weight is 366 g/mol. The van der Waals surface area contributed by atoms with E-state index in [0.29, 0.717) is 12.3 Å². The van der Waals surface area contributed by atoms with E-state index in [2.05, 4.69) is 0 Å². The molecule has 0 saturated carbocycles. The average Bonchev–Trinajstić information content (AvgIpc) is 2.42. The summed E-state index contributed by atoms with van der Waals surface area (Å²) in [6.07, 6.45) is -1.33. The van der Waals surface area contributed by atoms with E-state index in [1.165, 1.54) is 27.9 Å². The van der Waals surface area contributed by atoms with E-state index < -0.39 is 48.1 Å². The second kappa shape index (κ2) is 8.22. The van der Waals surface area contributed by atoms with Crippen LogP contribution in [-0.2, 0) is 45.1 Å². The van der Waals surface area contributed by atoms with Gasteiger partial charge in [-0.2, -0.15) is 0 Å². The first-order chi connectivity index (χ1) is 10.6. The van der Waals surface area contributed by atoms with Crippen LogP contribution >= 0.6 is 6.04 Å². The van der Waals surface area contributed by atoms with Crippen LogP contribution in [0.5, 0.6) is 0 Å². The SMILES string of the molecule is CCP1(=S)C[C@@H](OC(C)=O)[C@H](OC)[C@@H](OC(C)=O)[C@@H]1OC(C)=O. The van der Waals surface area contributed by atoms with Crippen LogP contribution in [0.4, 0.5) is 0 Å². The van der Waals surface area contributed by atoms with Gasteiger partial charge in [-0.3, -0.25) is 14.4 Å². The standard InChI is InChI=1S/C14H23O7PS/c1-6-22(23)7-11(19-8(2)15)12(18-5)13(20-9(3)16)14(22)21-10(4)17/h11-14H,6-7H2,1-5H3/t11-,12+,13-,14-,22?/m1/s1. The van der Waals surface area contributed by atoms with Gasteiger partial charge in [-0.05, 0) is 6.16 Å². The van der Waals surface area contributed by atoms with E-state index in [1.807, 2.05) is 6.92 Å². The molecule has 7 nitrogen and oxygen atoms in total. The molecular formula is C14H23O7PS. The van der Waals surface area contributed by atoms with E-state index >= 15 is 0 Å². The molecular weight excluding hydrogens is 343 g/mol. The Hall–Kier alpha value is -0.980. The summed E-state index contributed by atoms with van der Waals surface area (Å²) in [5.41, 5.74) is 0. The lowest BCUT2D eigenvalue weighted by Crippen LogP contribution is -2.56. The maximum atomic E-state index is 11.5. The molecule has 23 heavy (non-hydrogen) atoms. The highest BCUT2D eigenvalue weighted by Crippen LogP contribution is 2.58. The van der Waals surface area contributed by atoms with Crippen molar-refractivity contribution in [1.82, 2.24) is 0 Å². The van der Waals surface area contributed by atoms with Crippen molar-refractivity contribution in [3.63, 3.8) is 0 Å². The van der Waals surface area contributed by atoms with Crippen molar-refractivity contribution in [3.8, 4) is 0 Å². The molecule has 0 aliphatic carbocycles. The molecule has 0 amide bonds. The van der Waals surface area contributed by atoms with Gasteiger partial charge in [0.15, 0.2) is 11.9 Å². The molecule has 1 fully saturated rings. The van der Waals surface area contributed by atoms with Crippen LogP contribution in [0.15, 0.2) is 0 Å². The number of rotatable bonds is 5. The zero-order chi connectivity index (χ0) is 17.8. The van der Waals surface area contributed by atoms with Crippen molar-refractivity contribution in [2.75, 3.05) is 19.4 Å². The molecule has 9 heteroatoms. The lowest BCUT2D eigenvalue weighted by Gasteiger charge is -2.45. The van der Waals surface area contributed by atoms with Gasteiger partial charge in [0.05, 0.1) is 0 Å². The molecule has 1 saturated heterocycles. The van der Waals surface area contributed by atoms with Gasteiger partial charge in [0, 0.05) is 40.1 Å². The summed E-state index contributed by atoms with van der Waals surface area (Å²) >= 11 is 5.75. The maximum Gasteiger partial charge on any atom is 0.303 e. The van der Waals surface area contributed by atoms with Crippen molar-refractivity contribution in [2.45, 2.75) is 51.9 Å². The molecule has 132 valence electrons. The number of esters is 3. The van der Waals surface area contributed by atoms with Gasteiger partial charge in [-0.1, -0.05) is 18.7 Å². The Morgan fingerprint density at radius 2 is 1.52 bits per heavy atom. The van der Waals surface area contributed by atoms with Crippen LogP contribution in [0.1, 0.15) is 27.7 Å². The van der Waals surface area contributed by atoms with Gasteiger partial charge in [-0.25, -0.2) is 0 Å². The molecule has 0 spiro atoms. The molecule has 0 radical (unpaired) electrons. The third-order valence-electron chi connectivity index (χ3n) is 3.64. The Morgan fingerprint density at radius 3 is 1.91 bits per heavy atom. The molecule has 1 aliphatic heterocycles. The Balaban J connectivity index is 3.28. The van der Waals surface area contributed by atoms with Crippen molar-refractivity contribution in [3.05, 3.63) is 0 Å². The third-order valence-corrected chi connectivity index (χ3v) is 8.86. The molecule has 0 N–H and O–H groups in total. The second-order valence-corrected chi connectivity index (χ2v) is 11.0. The van der Waals surface area contributed by atoms with Crippen LogP contribution in [0.25, 0.3) is 0 Å². The maximum absolute atomic E-state index is 11.5. The molecule has 1 aliphatic rings. The topological polar surface area (TPSA) is 88.1 Å². The zero-order valence-electron chi connectivity index (χ0n) is 13.9. The summed E-state index contributed by atoms with van der Waals surface area (Å²) in [5, 5.41) is 0. The molecule has 1 rings (SSSR count). The minimum Gasteiger partial charge on any atom is -0.459 e. The van der Waals surface area contributed by atoms with Gasteiger partial charge in [0.1, 0.15) is 12.2 Å². The Labute approximate surface area is 141 Å². The summed E-state index contributed by atoms with van der Waals surface area (Å²) < 4.78 is 21.5. The molecule has 1 unspecified atom stereocenters. The first-order valence-electron chi connectivity index (χ1n) is 7.26. The molecule has 0 aromatic heterocycles. The quantitative estimate of drug-likeness (QED) is 0.408. The predicted molar refractivity (Wildman–Crippen MR) is 87.2 cm³/mol. The summed E-state index contributed by atoms with van der Waals surface area (Å²) in [4.78, 5) is 34.3. The summed E-state index contributed by atoms with van der Waals surface area (Å²) in [7, 11) is 1.42. The number of carbonyl (C=O) groups excluding carboxylic acids is 3. The van der Waals surface area contributed by atoms with E-state index in [4.69, 9.17) is 30.8 Å². The summed E-state index contributed by atoms with van der Waals surface area (Å²) in [5.74, 6) is -2.27. The number of methoxy groups -OCH3 is 1. The van der Waals surface area contributed by atoms with Crippen LogP contribution in [-0.4, -0.2) is 61.5 Å². The largest absolute Gasteiger partial charge is 0.459 e. The van der Waals surface area contributed by atoms with Crippen LogP contribution in [0.2, 0.25) is 0 Å². The number of hydrogen-bond acceptors (Lipinski definition) is 8. The fraction of sp³-hybridized carbons (Fsp3) is 0.786. The predicted octanol–water partition coefficient (Wildman–Crippen LogP) is 1.27. The lowest BCUT2D eigenvalue weighted by molar-refractivity contribution is -0.184. The minimum atomic E-state index is -2.28. The number of carbonyl (C=O) groups is 3. The van der Waals surface area contributed by atoms with Crippen molar-refractivity contribution in [1.29, 1.82) is 0 Å². The van der Waals surface area contributed by atoms with Crippen LogP contribution in [0.3, 0.4) is 0 Å². The summed E-state index contributed by atoms with van der Waals surface area (Å²) in [6.45, 7) is 5.71. The molecule has 0 aromatic carbocycles. The van der Waals surface area contributed by atoms with Gasteiger partial charge in [0.2, 0.25) is 0 Å². The van der Waals surface area contributed by atoms with E-state index in [1.54, 1.807) is 0 Å². The fourth-order valence-corrected chi connectivity index (χ4v) is 6.47. The highest BCUT2D eigenvalue weighted by molar-refractivity contribution is 8.15. The Bertz CT molecular complexity index is 521. The highest BCUT2D eigenvalue weighted by atomic mass is 32.4. The highest BCUT2D eigenvalue weighted by Gasteiger charge is 2.53.